The van der Waals surface area contributed by atoms with Gasteiger partial charge in [-0.15, -0.1) is 0 Å². The van der Waals surface area contributed by atoms with E-state index in [1.807, 2.05) is 36.4 Å². The number of phosphoric ester groups is 1. The summed E-state index contributed by atoms with van der Waals surface area (Å²) in [6.45, 7) is 12.8. The molecule has 0 saturated carbocycles. The first kappa shape index (κ1) is 48.6. The molecule has 356 valence electrons. The molecule has 9 aromatic rings. The fourth-order valence-corrected chi connectivity index (χ4v) is 11.7. The van der Waals surface area contributed by atoms with Crippen LogP contribution in [-0.4, -0.2) is 0 Å². The number of hydrogen-bond acceptors (Lipinski definition) is 4. The van der Waals surface area contributed by atoms with Gasteiger partial charge in [0.05, 0.1) is 0 Å². The largest absolute Gasteiger partial charge is 0.647 e. The van der Waals surface area contributed by atoms with Gasteiger partial charge < -0.3 is 13.6 Å². The molecule has 0 fully saturated rings. The highest BCUT2D eigenvalue weighted by molar-refractivity contribution is 7.49. The fraction of sp³-hybridized carbons (Fsp3) is 0.182. The molecule has 0 spiro atoms. The highest BCUT2D eigenvalue weighted by Gasteiger charge is 2.40. The second kappa shape index (κ2) is 22.1. The molecule has 4 nitrogen and oxygen atoms in total. The zero-order valence-corrected chi connectivity index (χ0v) is 42.8. The normalized spacial score (nSPS) is 11.4. The Balaban J connectivity index is 1.34. The van der Waals surface area contributed by atoms with Crippen LogP contribution in [0.4, 0.5) is 0 Å². The smallest absolute Gasteiger partial charge is 0.385 e. The van der Waals surface area contributed by atoms with Gasteiger partial charge in [0.1, 0.15) is 17.2 Å². The molecule has 0 aliphatic rings. The van der Waals surface area contributed by atoms with Crippen LogP contribution in [-0.2, 0) is 43.1 Å². The lowest BCUT2D eigenvalue weighted by molar-refractivity contribution is 0.293. The second-order valence-electron chi connectivity index (χ2n) is 17.8. The van der Waals surface area contributed by atoms with Crippen molar-refractivity contribution in [3.8, 4) is 84.0 Å². The van der Waals surface area contributed by atoms with Crippen LogP contribution in [0.2, 0.25) is 0 Å². The zero-order chi connectivity index (χ0) is 49.3. The minimum Gasteiger partial charge on any atom is -0.385 e. The highest BCUT2D eigenvalue weighted by Crippen LogP contribution is 2.58. The van der Waals surface area contributed by atoms with E-state index in [0.29, 0.717) is 55.8 Å². The van der Waals surface area contributed by atoms with Gasteiger partial charge in [0.15, 0.2) is 0 Å². The first-order chi connectivity index (χ1) is 34.8. The Hall–Kier alpha value is -7.39. The van der Waals surface area contributed by atoms with Crippen LogP contribution in [0.1, 0.15) is 74.9 Å². The number of rotatable bonds is 18. The van der Waals surface area contributed by atoms with Gasteiger partial charge in [-0.1, -0.05) is 224 Å². The monoisotopic (exact) mass is 950 g/mol. The Morgan fingerprint density at radius 1 is 0.296 bits per heavy atom. The summed E-state index contributed by atoms with van der Waals surface area (Å²) in [5, 5.41) is 0. The molecule has 0 aliphatic carbocycles. The Morgan fingerprint density at radius 2 is 0.507 bits per heavy atom. The molecule has 0 saturated heterocycles. The highest BCUT2D eigenvalue weighted by atomic mass is 31.2. The number of phosphoric acid groups is 1. The molecule has 0 aromatic heterocycles. The van der Waals surface area contributed by atoms with E-state index in [9.17, 15) is 0 Å². The van der Waals surface area contributed by atoms with Gasteiger partial charge in [0, 0.05) is 16.7 Å². The average molecular weight is 951 g/mol. The maximum Gasteiger partial charge on any atom is 0.647 e. The third-order valence-electron chi connectivity index (χ3n) is 13.6. The van der Waals surface area contributed by atoms with Crippen LogP contribution in [0, 0.1) is 0 Å². The van der Waals surface area contributed by atoms with Gasteiger partial charge in [0.25, 0.3) is 0 Å². The lowest BCUT2D eigenvalue weighted by Gasteiger charge is -2.29. The van der Waals surface area contributed by atoms with Crippen molar-refractivity contribution in [2.75, 3.05) is 0 Å². The standard InChI is InChI=1S/C66H63O4P/c1-7-46-43-58(49-31-19-13-20-32-49)61(52-37-25-16-26-38-52)55(10-4)64(46)68-71(67,69-65-47(8-2)44-59(50-33-21-14-22-34-50)62(56(65)11-5)53-39-27-17-28-40-53)70-66-48(9-3)45-60(51-35-23-15-24-36-51)63(57(66)12-6)54-41-29-18-30-42-54/h13-45H,7-12H2,1-6H3. The van der Waals surface area contributed by atoms with E-state index in [1.54, 1.807) is 0 Å². The summed E-state index contributed by atoms with van der Waals surface area (Å²) in [5.41, 5.74) is 18.3. The van der Waals surface area contributed by atoms with E-state index < -0.39 is 7.82 Å². The van der Waals surface area contributed by atoms with Crippen molar-refractivity contribution >= 4 is 7.82 Å². The first-order valence-corrected chi connectivity index (χ1v) is 26.9. The minimum absolute atomic E-state index is 0.525. The van der Waals surface area contributed by atoms with Crippen molar-refractivity contribution in [2.24, 2.45) is 0 Å². The topological polar surface area (TPSA) is 44.8 Å². The number of hydrogen-bond donors (Lipinski definition) is 0. The van der Waals surface area contributed by atoms with Gasteiger partial charge in [-0.25, -0.2) is 0 Å². The molecule has 0 atom stereocenters. The van der Waals surface area contributed by atoms with Gasteiger partial charge in [-0.2, -0.15) is 4.57 Å². The second-order valence-corrected chi connectivity index (χ2v) is 19.3. The molecule has 0 N–H and O–H groups in total. The van der Waals surface area contributed by atoms with Crippen molar-refractivity contribution in [2.45, 2.75) is 80.1 Å². The lowest BCUT2D eigenvalue weighted by Crippen LogP contribution is -2.15. The van der Waals surface area contributed by atoms with E-state index in [2.05, 4.69) is 205 Å². The molecule has 9 aromatic carbocycles. The molecule has 0 radical (unpaired) electrons. The van der Waals surface area contributed by atoms with Crippen LogP contribution < -0.4 is 13.6 Å². The molecular formula is C66H63O4P. The van der Waals surface area contributed by atoms with Crippen LogP contribution in [0.25, 0.3) is 66.8 Å². The molecule has 0 bridgehead atoms. The van der Waals surface area contributed by atoms with E-state index in [0.717, 1.165) is 100 Å². The summed E-state index contributed by atoms with van der Waals surface area (Å²) < 4.78 is 39.1. The van der Waals surface area contributed by atoms with Crippen molar-refractivity contribution in [3.63, 3.8) is 0 Å². The summed E-state index contributed by atoms with van der Waals surface area (Å²) in [5.74, 6) is 1.58. The molecule has 0 amide bonds. The molecule has 71 heavy (non-hydrogen) atoms. The molecule has 0 heterocycles. The van der Waals surface area contributed by atoms with Crippen molar-refractivity contribution in [3.05, 3.63) is 234 Å². The molecule has 0 aliphatic heterocycles. The summed E-state index contributed by atoms with van der Waals surface area (Å²) in [7, 11) is -4.72. The average Bonchev–Trinajstić information content (AvgIpc) is 3.43. The molecule has 5 heteroatoms. The third kappa shape index (κ3) is 10.0. The quantitative estimate of drug-likeness (QED) is 0.0804. The van der Waals surface area contributed by atoms with Gasteiger partial charge >= 0.3 is 7.82 Å². The summed E-state index contributed by atoms with van der Waals surface area (Å²) in [6, 6.07) is 69.6. The SMILES string of the molecule is CCc1cc(-c2ccccc2)c(-c2ccccc2)c(CC)c1OP(=O)(Oc1c(CC)cc(-c2ccccc2)c(-c2ccccc2)c1CC)Oc1c(CC)cc(-c2ccccc2)c(-c2ccccc2)c1CC. The Labute approximate surface area is 421 Å². The van der Waals surface area contributed by atoms with E-state index >= 15 is 4.57 Å². The molecular weight excluding hydrogens is 888 g/mol. The summed E-state index contributed by atoms with van der Waals surface area (Å²) in [6.07, 6.45) is 3.65. The van der Waals surface area contributed by atoms with Crippen LogP contribution in [0.5, 0.6) is 17.2 Å². The Bertz CT molecular complexity index is 2930. The lowest BCUT2D eigenvalue weighted by atomic mass is 9.86. The Morgan fingerprint density at radius 3 is 0.704 bits per heavy atom. The van der Waals surface area contributed by atoms with E-state index in [4.69, 9.17) is 13.6 Å². The van der Waals surface area contributed by atoms with Crippen LogP contribution >= 0.6 is 7.82 Å². The van der Waals surface area contributed by atoms with Gasteiger partial charge in [-0.3, -0.25) is 0 Å². The maximum atomic E-state index is 17.1. The zero-order valence-electron chi connectivity index (χ0n) is 41.9. The number of aryl methyl sites for hydroxylation is 3. The fourth-order valence-electron chi connectivity index (χ4n) is 10.2. The van der Waals surface area contributed by atoms with Crippen LogP contribution in [0.15, 0.2) is 200 Å². The predicted octanol–water partition coefficient (Wildman–Crippen LogP) is 18.7. The molecule has 0 unspecified atom stereocenters. The van der Waals surface area contributed by atoms with E-state index in [1.165, 1.54) is 0 Å². The van der Waals surface area contributed by atoms with Gasteiger partial charge in [-0.05, 0) is 140 Å². The number of benzene rings is 9. The first-order valence-electron chi connectivity index (χ1n) is 25.4. The summed E-state index contributed by atoms with van der Waals surface area (Å²) >= 11 is 0. The van der Waals surface area contributed by atoms with Crippen molar-refractivity contribution < 1.29 is 18.1 Å². The maximum absolute atomic E-state index is 17.1. The van der Waals surface area contributed by atoms with Crippen LogP contribution in [0.3, 0.4) is 0 Å². The van der Waals surface area contributed by atoms with Crippen molar-refractivity contribution in [1.29, 1.82) is 0 Å². The minimum atomic E-state index is -4.72. The van der Waals surface area contributed by atoms with E-state index in [-0.39, 0.29) is 0 Å². The summed E-state index contributed by atoms with van der Waals surface area (Å²) in [4.78, 5) is 0. The third-order valence-corrected chi connectivity index (χ3v) is 14.8. The predicted molar refractivity (Wildman–Crippen MR) is 298 cm³/mol. The molecule has 9 rings (SSSR count). The van der Waals surface area contributed by atoms with Gasteiger partial charge in [0.2, 0.25) is 0 Å². The van der Waals surface area contributed by atoms with Crippen molar-refractivity contribution in [1.82, 2.24) is 0 Å². The Kier molecular flexibility index (Phi) is 15.2.